The molecule has 1 atom stereocenters. The van der Waals surface area contributed by atoms with Gasteiger partial charge in [0.1, 0.15) is 5.82 Å². The van der Waals surface area contributed by atoms with Gasteiger partial charge >= 0.3 is 0 Å². The Labute approximate surface area is 124 Å². The Kier molecular flexibility index (Phi) is 5.06. The van der Waals surface area contributed by atoms with Crippen LogP contribution >= 0.6 is 0 Å². The molecule has 0 aromatic heterocycles. The van der Waals surface area contributed by atoms with Gasteiger partial charge in [-0.1, -0.05) is 30.3 Å². The summed E-state index contributed by atoms with van der Waals surface area (Å²) in [5.41, 5.74) is 2.69. The minimum atomic E-state index is -0.236. The van der Waals surface area contributed by atoms with E-state index in [2.05, 4.69) is 10.6 Å². The lowest BCUT2D eigenvalue weighted by Crippen LogP contribution is -2.19. The standard InChI is InChI=1S/C17H19FN2O/c1-12(14-7-5-8-16(18)10-14)19-11-15-6-3-4-9-17(15)20-13(2)21/h3-10,12,19H,11H2,1-2H3,(H,20,21)/t12-/m0/s1. The van der Waals surface area contributed by atoms with Gasteiger partial charge in [-0.2, -0.15) is 0 Å². The van der Waals surface area contributed by atoms with Crippen molar-refractivity contribution in [1.82, 2.24) is 5.32 Å². The molecule has 0 saturated carbocycles. The lowest BCUT2D eigenvalue weighted by Gasteiger charge is -2.16. The summed E-state index contributed by atoms with van der Waals surface area (Å²) < 4.78 is 13.2. The van der Waals surface area contributed by atoms with E-state index in [0.29, 0.717) is 6.54 Å². The Bertz CT molecular complexity index is 628. The molecule has 1 amide bonds. The first-order valence-corrected chi connectivity index (χ1v) is 6.90. The zero-order valence-electron chi connectivity index (χ0n) is 12.2. The molecule has 0 bridgehead atoms. The van der Waals surface area contributed by atoms with Crippen molar-refractivity contribution in [1.29, 1.82) is 0 Å². The first-order valence-electron chi connectivity index (χ1n) is 6.90. The van der Waals surface area contributed by atoms with Gasteiger partial charge in [0.2, 0.25) is 5.91 Å². The highest BCUT2D eigenvalue weighted by molar-refractivity contribution is 5.89. The van der Waals surface area contributed by atoms with Crippen LogP contribution in [0.25, 0.3) is 0 Å². The molecule has 0 fully saturated rings. The number of hydrogen-bond donors (Lipinski definition) is 2. The van der Waals surface area contributed by atoms with Gasteiger partial charge in [0.15, 0.2) is 0 Å². The maximum Gasteiger partial charge on any atom is 0.221 e. The molecule has 0 aliphatic rings. The highest BCUT2D eigenvalue weighted by atomic mass is 19.1. The van der Waals surface area contributed by atoms with Crippen LogP contribution in [0.15, 0.2) is 48.5 Å². The van der Waals surface area contributed by atoms with E-state index < -0.39 is 0 Å². The van der Waals surface area contributed by atoms with Crippen molar-refractivity contribution in [3.63, 3.8) is 0 Å². The van der Waals surface area contributed by atoms with Crippen molar-refractivity contribution in [3.8, 4) is 0 Å². The summed E-state index contributed by atoms with van der Waals surface area (Å²) in [5, 5.41) is 6.15. The molecule has 4 heteroatoms. The van der Waals surface area contributed by atoms with Gasteiger partial charge in [-0.05, 0) is 36.2 Å². The Morgan fingerprint density at radius 1 is 1.19 bits per heavy atom. The van der Waals surface area contributed by atoms with Crippen molar-refractivity contribution < 1.29 is 9.18 Å². The van der Waals surface area contributed by atoms with Crippen molar-refractivity contribution in [2.24, 2.45) is 0 Å². The van der Waals surface area contributed by atoms with Crippen LogP contribution in [0.1, 0.15) is 31.0 Å². The molecular weight excluding hydrogens is 267 g/mol. The lowest BCUT2D eigenvalue weighted by atomic mass is 10.1. The molecule has 0 radical (unpaired) electrons. The Hall–Kier alpha value is -2.20. The summed E-state index contributed by atoms with van der Waals surface area (Å²) in [6.07, 6.45) is 0. The molecule has 2 aromatic rings. The van der Waals surface area contributed by atoms with Crippen LogP contribution < -0.4 is 10.6 Å². The van der Waals surface area contributed by atoms with Crippen LogP contribution in [-0.2, 0) is 11.3 Å². The van der Waals surface area contributed by atoms with Crippen LogP contribution in [0.2, 0.25) is 0 Å². The fourth-order valence-corrected chi connectivity index (χ4v) is 2.14. The van der Waals surface area contributed by atoms with E-state index in [1.807, 2.05) is 37.3 Å². The van der Waals surface area contributed by atoms with Crippen LogP contribution in [-0.4, -0.2) is 5.91 Å². The van der Waals surface area contributed by atoms with Crippen LogP contribution in [0.4, 0.5) is 10.1 Å². The van der Waals surface area contributed by atoms with Crippen LogP contribution in [0, 0.1) is 5.82 Å². The number of para-hydroxylation sites is 1. The first kappa shape index (κ1) is 15.2. The third-order valence-corrected chi connectivity index (χ3v) is 3.28. The number of nitrogens with one attached hydrogen (secondary N) is 2. The smallest absolute Gasteiger partial charge is 0.221 e. The average molecular weight is 286 g/mol. The summed E-state index contributed by atoms with van der Waals surface area (Å²) >= 11 is 0. The number of halogens is 1. The molecule has 3 nitrogen and oxygen atoms in total. The maximum absolute atomic E-state index is 13.2. The lowest BCUT2D eigenvalue weighted by molar-refractivity contribution is -0.114. The maximum atomic E-state index is 13.2. The third-order valence-electron chi connectivity index (χ3n) is 3.28. The topological polar surface area (TPSA) is 41.1 Å². The molecule has 2 aromatic carbocycles. The molecule has 0 unspecified atom stereocenters. The van der Waals surface area contributed by atoms with Crippen molar-refractivity contribution in [2.75, 3.05) is 5.32 Å². The summed E-state index contributed by atoms with van der Waals surface area (Å²) in [6.45, 7) is 4.06. The Morgan fingerprint density at radius 2 is 1.95 bits per heavy atom. The van der Waals surface area contributed by atoms with E-state index in [0.717, 1.165) is 16.8 Å². The van der Waals surface area contributed by atoms with Gasteiger partial charge in [0, 0.05) is 25.2 Å². The molecule has 0 heterocycles. The molecule has 0 aliphatic carbocycles. The Balaban J connectivity index is 2.04. The number of amides is 1. The molecule has 2 rings (SSSR count). The van der Waals surface area contributed by atoms with Crippen LogP contribution in [0.5, 0.6) is 0 Å². The number of carbonyl (C=O) groups excluding carboxylic acids is 1. The molecule has 2 N–H and O–H groups in total. The van der Waals surface area contributed by atoms with Crippen molar-refractivity contribution in [3.05, 3.63) is 65.5 Å². The molecule has 21 heavy (non-hydrogen) atoms. The van der Waals surface area contributed by atoms with E-state index in [4.69, 9.17) is 0 Å². The molecule has 0 aliphatic heterocycles. The van der Waals surface area contributed by atoms with Gasteiger partial charge in [0.25, 0.3) is 0 Å². The molecule has 110 valence electrons. The molecule has 0 saturated heterocycles. The van der Waals surface area contributed by atoms with Crippen molar-refractivity contribution in [2.45, 2.75) is 26.4 Å². The second kappa shape index (κ2) is 6.99. The fourth-order valence-electron chi connectivity index (χ4n) is 2.14. The predicted molar refractivity (Wildman–Crippen MR) is 82.4 cm³/mol. The van der Waals surface area contributed by atoms with Gasteiger partial charge in [0.05, 0.1) is 0 Å². The zero-order chi connectivity index (χ0) is 15.2. The average Bonchev–Trinajstić information content (AvgIpc) is 2.45. The normalized spacial score (nSPS) is 12.0. The number of hydrogen-bond acceptors (Lipinski definition) is 2. The summed E-state index contributed by atoms with van der Waals surface area (Å²) in [7, 11) is 0. The second-order valence-corrected chi connectivity index (χ2v) is 5.00. The highest BCUT2D eigenvalue weighted by Gasteiger charge is 2.08. The minimum Gasteiger partial charge on any atom is -0.326 e. The van der Waals surface area contributed by atoms with E-state index in [9.17, 15) is 9.18 Å². The summed E-state index contributed by atoms with van der Waals surface area (Å²) in [6, 6.07) is 14.2. The number of benzene rings is 2. The quantitative estimate of drug-likeness (QED) is 0.881. The highest BCUT2D eigenvalue weighted by Crippen LogP contribution is 2.18. The van der Waals surface area contributed by atoms with E-state index in [1.165, 1.54) is 19.1 Å². The van der Waals surface area contributed by atoms with Crippen LogP contribution in [0.3, 0.4) is 0 Å². The number of anilines is 1. The largest absolute Gasteiger partial charge is 0.326 e. The molecular formula is C17H19FN2O. The van der Waals surface area contributed by atoms with E-state index in [-0.39, 0.29) is 17.8 Å². The first-order chi connectivity index (χ1) is 10.1. The number of rotatable bonds is 5. The number of carbonyl (C=O) groups is 1. The second-order valence-electron chi connectivity index (χ2n) is 5.00. The van der Waals surface area contributed by atoms with E-state index in [1.54, 1.807) is 6.07 Å². The van der Waals surface area contributed by atoms with Crippen molar-refractivity contribution >= 4 is 11.6 Å². The van der Waals surface area contributed by atoms with Gasteiger partial charge in [-0.3, -0.25) is 4.79 Å². The third kappa shape index (κ3) is 4.39. The summed E-state index contributed by atoms with van der Waals surface area (Å²) in [5.74, 6) is -0.333. The van der Waals surface area contributed by atoms with Gasteiger partial charge in [-0.15, -0.1) is 0 Å². The van der Waals surface area contributed by atoms with Gasteiger partial charge in [-0.25, -0.2) is 4.39 Å². The minimum absolute atomic E-state index is 0.0195. The predicted octanol–water partition coefficient (Wildman–Crippen LogP) is 3.63. The monoisotopic (exact) mass is 286 g/mol. The Morgan fingerprint density at radius 3 is 2.67 bits per heavy atom. The summed E-state index contributed by atoms with van der Waals surface area (Å²) in [4.78, 5) is 11.2. The molecule has 0 spiro atoms. The zero-order valence-corrected chi connectivity index (χ0v) is 12.2. The fraction of sp³-hybridized carbons (Fsp3) is 0.235. The SMILES string of the molecule is CC(=O)Nc1ccccc1CN[C@@H](C)c1cccc(F)c1. The van der Waals surface area contributed by atoms with E-state index >= 15 is 0 Å². The van der Waals surface area contributed by atoms with Gasteiger partial charge < -0.3 is 10.6 Å².